The number of morpholine rings is 1. The SMILES string of the molecule is N#C/C(C(=O)c1cc(N)c(F)cc1F)=C1\COCCN1. The lowest BCUT2D eigenvalue weighted by Gasteiger charge is -2.18. The summed E-state index contributed by atoms with van der Waals surface area (Å²) in [5, 5.41) is 11.9. The van der Waals surface area contributed by atoms with Crippen LogP contribution in [0.5, 0.6) is 0 Å². The number of hydrogen-bond acceptors (Lipinski definition) is 5. The van der Waals surface area contributed by atoms with Crippen LogP contribution in [-0.2, 0) is 4.74 Å². The van der Waals surface area contributed by atoms with Gasteiger partial charge in [0, 0.05) is 12.6 Å². The number of carbonyl (C=O) groups excluding carboxylic acids is 1. The van der Waals surface area contributed by atoms with E-state index in [0.717, 1.165) is 6.07 Å². The summed E-state index contributed by atoms with van der Waals surface area (Å²) in [6.45, 7) is 0.961. The summed E-state index contributed by atoms with van der Waals surface area (Å²) in [5.41, 5.74) is 4.53. The topological polar surface area (TPSA) is 88.1 Å². The molecule has 0 spiro atoms. The number of anilines is 1. The Bertz CT molecular complexity index is 627. The van der Waals surface area contributed by atoms with Crippen molar-refractivity contribution in [2.75, 3.05) is 25.5 Å². The Morgan fingerprint density at radius 1 is 1.40 bits per heavy atom. The van der Waals surface area contributed by atoms with E-state index in [2.05, 4.69) is 5.32 Å². The van der Waals surface area contributed by atoms with Gasteiger partial charge < -0.3 is 15.8 Å². The van der Waals surface area contributed by atoms with Gasteiger partial charge in [-0.25, -0.2) is 8.78 Å². The summed E-state index contributed by atoms with van der Waals surface area (Å²) < 4.78 is 31.8. The van der Waals surface area contributed by atoms with Crippen molar-refractivity contribution >= 4 is 11.5 Å². The van der Waals surface area contributed by atoms with Gasteiger partial charge in [-0.3, -0.25) is 4.79 Å². The Morgan fingerprint density at radius 2 is 2.15 bits per heavy atom. The number of halogens is 2. The van der Waals surface area contributed by atoms with Gasteiger partial charge in [-0.15, -0.1) is 0 Å². The predicted octanol–water partition coefficient (Wildman–Crippen LogP) is 1.13. The van der Waals surface area contributed by atoms with Gasteiger partial charge in [0.25, 0.3) is 0 Å². The number of hydrogen-bond donors (Lipinski definition) is 2. The molecule has 1 heterocycles. The van der Waals surface area contributed by atoms with Gasteiger partial charge in [0.2, 0.25) is 5.78 Å². The maximum Gasteiger partial charge on any atom is 0.208 e. The second-order valence-electron chi connectivity index (χ2n) is 4.13. The molecular formula is C13H11F2N3O2. The number of ether oxygens (including phenoxy) is 1. The van der Waals surface area contributed by atoms with Crippen LogP contribution in [0.3, 0.4) is 0 Å². The summed E-state index contributed by atoms with van der Waals surface area (Å²) in [6, 6.07) is 3.12. The minimum absolute atomic E-state index is 0.0624. The fraction of sp³-hybridized carbons (Fsp3) is 0.231. The number of ketones is 1. The molecule has 1 aliphatic heterocycles. The van der Waals surface area contributed by atoms with E-state index >= 15 is 0 Å². The van der Waals surface area contributed by atoms with Crippen molar-refractivity contribution in [1.29, 1.82) is 5.26 Å². The molecule has 0 amide bonds. The molecule has 0 saturated carbocycles. The number of nitriles is 1. The Kier molecular flexibility index (Phi) is 3.96. The first-order valence-electron chi connectivity index (χ1n) is 5.78. The fourth-order valence-corrected chi connectivity index (χ4v) is 1.79. The summed E-state index contributed by atoms with van der Waals surface area (Å²) in [4.78, 5) is 12.2. The van der Waals surface area contributed by atoms with Crippen molar-refractivity contribution < 1.29 is 18.3 Å². The number of Topliss-reactive ketones (excluding diaryl/α,β-unsaturated/α-hetero) is 1. The highest BCUT2D eigenvalue weighted by Gasteiger charge is 2.23. The number of nitrogens with one attached hydrogen (secondary N) is 1. The zero-order chi connectivity index (χ0) is 14.7. The summed E-state index contributed by atoms with van der Waals surface area (Å²) >= 11 is 0. The summed E-state index contributed by atoms with van der Waals surface area (Å²) in [7, 11) is 0. The molecule has 0 aliphatic carbocycles. The highest BCUT2D eigenvalue weighted by atomic mass is 19.1. The largest absolute Gasteiger partial charge is 0.396 e. The second kappa shape index (κ2) is 5.67. The molecule has 1 fully saturated rings. The van der Waals surface area contributed by atoms with Crippen molar-refractivity contribution in [2.45, 2.75) is 0 Å². The Balaban J connectivity index is 2.44. The van der Waals surface area contributed by atoms with Gasteiger partial charge in [0.05, 0.1) is 30.2 Å². The van der Waals surface area contributed by atoms with Crippen LogP contribution in [0.25, 0.3) is 0 Å². The van der Waals surface area contributed by atoms with Gasteiger partial charge in [-0.1, -0.05) is 0 Å². The molecule has 1 aromatic carbocycles. The van der Waals surface area contributed by atoms with E-state index in [1.54, 1.807) is 6.07 Å². The molecule has 1 aromatic rings. The molecule has 20 heavy (non-hydrogen) atoms. The number of carbonyl (C=O) groups is 1. The monoisotopic (exact) mass is 279 g/mol. The van der Waals surface area contributed by atoms with E-state index in [-0.39, 0.29) is 23.6 Å². The normalized spacial score (nSPS) is 17.1. The number of allylic oxidation sites excluding steroid dienone is 1. The summed E-state index contributed by atoms with van der Waals surface area (Å²) in [5.74, 6) is -2.87. The first kappa shape index (κ1) is 14.0. The smallest absolute Gasteiger partial charge is 0.208 e. The molecular weight excluding hydrogens is 268 g/mol. The highest BCUT2D eigenvalue weighted by molar-refractivity contribution is 6.12. The van der Waals surface area contributed by atoms with Crippen molar-refractivity contribution in [3.8, 4) is 6.07 Å². The first-order valence-corrected chi connectivity index (χ1v) is 5.78. The third-order valence-electron chi connectivity index (χ3n) is 2.80. The molecule has 0 bridgehead atoms. The highest BCUT2D eigenvalue weighted by Crippen LogP contribution is 2.20. The van der Waals surface area contributed by atoms with Crippen LogP contribution >= 0.6 is 0 Å². The van der Waals surface area contributed by atoms with Crippen molar-refractivity contribution in [3.63, 3.8) is 0 Å². The second-order valence-corrected chi connectivity index (χ2v) is 4.13. The third kappa shape index (κ3) is 2.60. The Morgan fingerprint density at radius 3 is 2.75 bits per heavy atom. The van der Waals surface area contributed by atoms with Crippen LogP contribution in [0.2, 0.25) is 0 Å². The first-order chi connectivity index (χ1) is 9.54. The number of benzene rings is 1. The van der Waals surface area contributed by atoms with E-state index in [9.17, 15) is 13.6 Å². The van der Waals surface area contributed by atoms with Crippen molar-refractivity contribution in [3.05, 3.63) is 40.6 Å². The molecule has 0 atom stereocenters. The lowest BCUT2D eigenvalue weighted by molar-refractivity contribution is 0.102. The standard InChI is InChI=1S/C13H11F2N3O2/c14-9-4-10(15)11(17)3-7(9)13(19)8(5-16)12-6-20-2-1-18-12/h3-4,18H,1-2,6,17H2/b12-8-. The zero-order valence-corrected chi connectivity index (χ0v) is 10.4. The van der Waals surface area contributed by atoms with Gasteiger partial charge in [0.1, 0.15) is 23.3 Å². The molecule has 0 aromatic heterocycles. The van der Waals surface area contributed by atoms with E-state index in [0.29, 0.717) is 19.2 Å². The number of nitrogens with two attached hydrogens (primary N) is 1. The summed E-state index contributed by atoms with van der Waals surface area (Å²) in [6.07, 6.45) is 0. The van der Waals surface area contributed by atoms with Gasteiger partial charge in [-0.05, 0) is 6.07 Å². The van der Waals surface area contributed by atoms with Crippen LogP contribution in [0.1, 0.15) is 10.4 Å². The maximum absolute atomic E-state index is 13.6. The molecule has 5 nitrogen and oxygen atoms in total. The third-order valence-corrected chi connectivity index (χ3v) is 2.80. The average molecular weight is 279 g/mol. The zero-order valence-electron chi connectivity index (χ0n) is 10.4. The predicted molar refractivity (Wildman–Crippen MR) is 66.6 cm³/mol. The van der Waals surface area contributed by atoms with Crippen LogP contribution < -0.4 is 11.1 Å². The quantitative estimate of drug-likeness (QED) is 0.366. The average Bonchev–Trinajstić information content (AvgIpc) is 2.44. The van der Waals surface area contributed by atoms with Gasteiger partial charge >= 0.3 is 0 Å². The van der Waals surface area contributed by atoms with E-state index in [4.69, 9.17) is 15.7 Å². The maximum atomic E-state index is 13.6. The molecule has 7 heteroatoms. The Hall–Kier alpha value is -2.46. The lowest BCUT2D eigenvalue weighted by atomic mass is 10.0. The fourth-order valence-electron chi connectivity index (χ4n) is 1.79. The van der Waals surface area contributed by atoms with E-state index < -0.39 is 23.0 Å². The number of nitrogen functional groups attached to an aromatic ring is 1. The van der Waals surface area contributed by atoms with Crippen LogP contribution in [-0.4, -0.2) is 25.5 Å². The molecule has 0 radical (unpaired) electrons. The van der Waals surface area contributed by atoms with Crippen LogP contribution in [0, 0.1) is 23.0 Å². The van der Waals surface area contributed by atoms with Gasteiger partial charge in [0.15, 0.2) is 0 Å². The molecule has 2 rings (SSSR count). The molecule has 104 valence electrons. The lowest BCUT2D eigenvalue weighted by Crippen LogP contribution is -2.31. The minimum Gasteiger partial charge on any atom is -0.396 e. The minimum atomic E-state index is -1.06. The number of nitrogens with zero attached hydrogens (tertiary/aromatic N) is 1. The van der Waals surface area contributed by atoms with Crippen molar-refractivity contribution in [2.24, 2.45) is 0 Å². The Labute approximate surface area is 113 Å². The van der Waals surface area contributed by atoms with Crippen LogP contribution in [0.4, 0.5) is 14.5 Å². The number of rotatable bonds is 2. The van der Waals surface area contributed by atoms with E-state index in [1.807, 2.05) is 0 Å². The molecule has 1 aliphatic rings. The van der Waals surface area contributed by atoms with Crippen LogP contribution in [0.15, 0.2) is 23.4 Å². The molecule has 0 unspecified atom stereocenters. The van der Waals surface area contributed by atoms with Gasteiger partial charge in [-0.2, -0.15) is 5.26 Å². The molecule has 3 N–H and O–H groups in total. The van der Waals surface area contributed by atoms with Crippen molar-refractivity contribution in [1.82, 2.24) is 5.32 Å². The molecule has 1 saturated heterocycles. The van der Waals surface area contributed by atoms with E-state index in [1.165, 1.54) is 0 Å².